The summed E-state index contributed by atoms with van der Waals surface area (Å²) in [4.78, 5) is 27.9. The fourth-order valence-electron chi connectivity index (χ4n) is 2.91. The second-order valence-corrected chi connectivity index (χ2v) is 6.58. The molecule has 0 aliphatic carbocycles. The van der Waals surface area contributed by atoms with Crippen molar-refractivity contribution in [3.05, 3.63) is 53.5 Å². The lowest BCUT2D eigenvalue weighted by Gasteiger charge is -2.34. The highest BCUT2D eigenvalue weighted by molar-refractivity contribution is 5.91. The normalized spacial score (nSPS) is 14.1. The maximum atomic E-state index is 12.3. The Morgan fingerprint density at radius 1 is 1.07 bits per heavy atom. The number of ether oxygens (including phenoxy) is 1. The third-order valence-electron chi connectivity index (χ3n) is 4.71. The molecule has 1 aliphatic rings. The Labute approximate surface area is 158 Å². The number of rotatable bonds is 5. The van der Waals surface area contributed by atoms with E-state index in [0.29, 0.717) is 45.1 Å². The number of carbonyl (C=O) groups excluding carboxylic acids is 2. The lowest BCUT2D eigenvalue weighted by molar-refractivity contribution is 0.0634. The number of amides is 3. The zero-order valence-electron chi connectivity index (χ0n) is 15.7. The van der Waals surface area contributed by atoms with Crippen molar-refractivity contribution >= 4 is 11.9 Å². The zero-order chi connectivity index (χ0) is 19.2. The highest BCUT2D eigenvalue weighted by Gasteiger charge is 2.25. The molecule has 1 aliphatic heterocycles. The van der Waals surface area contributed by atoms with Gasteiger partial charge >= 0.3 is 6.03 Å². The highest BCUT2D eigenvalue weighted by atomic mass is 16.5. The van der Waals surface area contributed by atoms with Gasteiger partial charge in [-0.2, -0.15) is 0 Å². The molecular weight excluding hydrogens is 346 g/mol. The first-order valence-electron chi connectivity index (χ1n) is 9.10. The van der Waals surface area contributed by atoms with Gasteiger partial charge in [-0.15, -0.1) is 0 Å². The first-order chi connectivity index (χ1) is 13.0. The quantitative estimate of drug-likeness (QED) is 0.819. The number of benzene rings is 1. The van der Waals surface area contributed by atoms with Crippen LogP contribution in [0.1, 0.15) is 21.7 Å². The topological polar surface area (TPSA) is 75.0 Å². The molecule has 7 heteroatoms. The minimum atomic E-state index is -0.137. The van der Waals surface area contributed by atoms with Gasteiger partial charge in [-0.05, 0) is 49.2 Å². The molecule has 7 nitrogen and oxygen atoms in total. The molecule has 1 aromatic carbocycles. The van der Waals surface area contributed by atoms with Crippen LogP contribution < -0.4 is 10.1 Å². The van der Waals surface area contributed by atoms with E-state index in [1.807, 2.05) is 25.1 Å². The summed E-state index contributed by atoms with van der Waals surface area (Å²) in [7, 11) is 0. The summed E-state index contributed by atoms with van der Waals surface area (Å²) in [5.41, 5.74) is 2.40. The average molecular weight is 371 g/mol. The smallest absolute Gasteiger partial charge is 0.317 e. The minimum Gasteiger partial charge on any atom is -0.492 e. The van der Waals surface area contributed by atoms with Crippen molar-refractivity contribution in [3.8, 4) is 5.75 Å². The fraction of sp³-hybridized carbons (Fsp3) is 0.400. The van der Waals surface area contributed by atoms with Crippen molar-refractivity contribution in [2.45, 2.75) is 13.8 Å². The lowest BCUT2D eigenvalue weighted by atomic mass is 10.1. The zero-order valence-corrected chi connectivity index (χ0v) is 15.7. The van der Waals surface area contributed by atoms with E-state index >= 15 is 0 Å². The summed E-state index contributed by atoms with van der Waals surface area (Å²) >= 11 is 0. The molecular formula is C20H25N3O4. The Bertz CT molecular complexity index is 781. The van der Waals surface area contributed by atoms with Gasteiger partial charge in [0.2, 0.25) is 0 Å². The number of nitrogens with zero attached hydrogens (tertiary/aromatic N) is 2. The Morgan fingerprint density at radius 2 is 1.81 bits per heavy atom. The van der Waals surface area contributed by atoms with Crippen LogP contribution in [0.5, 0.6) is 5.75 Å². The van der Waals surface area contributed by atoms with Crippen LogP contribution in [-0.2, 0) is 0 Å². The molecule has 1 fully saturated rings. The van der Waals surface area contributed by atoms with Gasteiger partial charge < -0.3 is 24.3 Å². The first-order valence-corrected chi connectivity index (χ1v) is 9.10. The number of nitrogens with one attached hydrogen (secondary N) is 1. The van der Waals surface area contributed by atoms with Crippen LogP contribution in [0.4, 0.5) is 4.79 Å². The molecule has 0 atom stereocenters. The Hall–Kier alpha value is -2.96. The van der Waals surface area contributed by atoms with Gasteiger partial charge in [0.25, 0.3) is 5.91 Å². The van der Waals surface area contributed by atoms with Crippen LogP contribution in [-0.4, -0.2) is 61.1 Å². The van der Waals surface area contributed by atoms with Crippen molar-refractivity contribution in [1.29, 1.82) is 0 Å². The van der Waals surface area contributed by atoms with Gasteiger partial charge in [-0.3, -0.25) is 4.79 Å². The Kier molecular flexibility index (Phi) is 6.01. The van der Waals surface area contributed by atoms with Crippen LogP contribution in [0.25, 0.3) is 0 Å². The van der Waals surface area contributed by atoms with Crippen LogP contribution in [0, 0.1) is 13.8 Å². The second kappa shape index (κ2) is 8.62. The van der Waals surface area contributed by atoms with Gasteiger partial charge in [0.15, 0.2) is 5.76 Å². The predicted molar refractivity (Wildman–Crippen MR) is 101 cm³/mol. The molecule has 2 aromatic rings. The SMILES string of the molecule is Cc1ccc(OCCNC(=O)N2CCN(C(=O)c3ccco3)CC2)cc1C. The standard InChI is InChI=1S/C20H25N3O4/c1-15-5-6-17(14-16(15)2)26-13-7-21-20(25)23-10-8-22(9-11-23)19(24)18-4-3-12-27-18/h3-6,12,14H,7-11,13H2,1-2H3,(H,21,25). The third-order valence-corrected chi connectivity index (χ3v) is 4.71. The molecule has 3 rings (SSSR count). The molecule has 0 bridgehead atoms. The molecule has 144 valence electrons. The van der Waals surface area contributed by atoms with E-state index < -0.39 is 0 Å². The van der Waals surface area contributed by atoms with E-state index in [9.17, 15) is 9.59 Å². The summed E-state index contributed by atoms with van der Waals surface area (Å²) < 4.78 is 10.8. The summed E-state index contributed by atoms with van der Waals surface area (Å²) in [5, 5.41) is 2.86. The summed E-state index contributed by atoms with van der Waals surface area (Å²) in [6.45, 7) is 6.91. The van der Waals surface area contributed by atoms with Crippen molar-refractivity contribution in [3.63, 3.8) is 0 Å². The average Bonchev–Trinajstić information content (AvgIpc) is 3.22. The van der Waals surface area contributed by atoms with E-state index in [4.69, 9.17) is 9.15 Å². The van der Waals surface area contributed by atoms with Gasteiger partial charge in [-0.1, -0.05) is 6.07 Å². The summed E-state index contributed by atoms with van der Waals surface area (Å²) in [5.74, 6) is 0.996. The Morgan fingerprint density at radius 3 is 2.48 bits per heavy atom. The summed E-state index contributed by atoms with van der Waals surface area (Å²) in [6, 6.07) is 9.15. The van der Waals surface area contributed by atoms with E-state index in [2.05, 4.69) is 12.2 Å². The molecule has 1 aromatic heterocycles. The Balaban J connectivity index is 1.37. The van der Waals surface area contributed by atoms with E-state index in [1.165, 1.54) is 17.4 Å². The van der Waals surface area contributed by atoms with Crippen molar-refractivity contribution < 1.29 is 18.7 Å². The molecule has 27 heavy (non-hydrogen) atoms. The molecule has 0 saturated carbocycles. The number of piperazine rings is 1. The number of aryl methyl sites for hydroxylation is 2. The van der Waals surface area contributed by atoms with Crippen LogP contribution in [0.2, 0.25) is 0 Å². The molecule has 0 spiro atoms. The number of hydrogen-bond acceptors (Lipinski definition) is 4. The first kappa shape index (κ1) is 18.8. The fourth-order valence-corrected chi connectivity index (χ4v) is 2.91. The van der Waals surface area contributed by atoms with Gasteiger partial charge in [-0.25, -0.2) is 4.79 Å². The number of hydrogen-bond donors (Lipinski definition) is 1. The monoisotopic (exact) mass is 371 g/mol. The molecule has 3 amide bonds. The molecule has 1 N–H and O–H groups in total. The van der Waals surface area contributed by atoms with Crippen LogP contribution >= 0.6 is 0 Å². The van der Waals surface area contributed by atoms with Crippen LogP contribution in [0.15, 0.2) is 41.0 Å². The van der Waals surface area contributed by atoms with Crippen molar-refractivity contribution in [2.24, 2.45) is 0 Å². The summed E-state index contributed by atoms with van der Waals surface area (Å²) in [6.07, 6.45) is 1.48. The third kappa shape index (κ3) is 4.81. The highest BCUT2D eigenvalue weighted by Crippen LogP contribution is 2.16. The van der Waals surface area contributed by atoms with Gasteiger partial charge in [0, 0.05) is 26.2 Å². The van der Waals surface area contributed by atoms with E-state index in [-0.39, 0.29) is 11.9 Å². The molecule has 0 radical (unpaired) electrons. The lowest BCUT2D eigenvalue weighted by Crippen LogP contribution is -2.53. The molecule has 0 unspecified atom stereocenters. The van der Waals surface area contributed by atoms with Gasteiger partial charge in [0.1, 0.15) is 12.4 Å². The number of urea groups is 1. The maximum Gasteiger partial charge on any atom is 0.317 e. The molecule has 2 heterocycles. The van der Waals surface area contributed by atoms with E-state index in [1.54, 1.807) is 21.9 Å². The van der Waals surface area contributed by atoms with Crippen LogP contribution in [0.3, 0.4) is 0 Å². The number of furan rings is 1. The van der Waals surface area contributed by atoms with Crippen molar-refractivity contribution in [2.75, 3.05) is 39.3 Å². The van der Waals surface area contributed by atoms with Crippen molar-refractivity contribution in [1.82, 2.24) is 15.1 Å². The largest absolute Gasteiger partial charge is 0.492 e. The predicted octanol–water partition coefficient (Wildman–Crippen LogP) is 2.44. The molecule has 1 saturated heterocycles. The van der Waals surface area contributed by atoms with E-state index in [0.717, 1.165) is 5.75 Å². The minimum absolute atomic E-state index is 0.135. The number of carbonyl (C=O) groups is 2. The second-order valence-electron chi connectivity index (χ2n) is 6.58. The maximum absolute atomic E-state index is 12.3. The van der Waals surface area contributed by atoms with Gasteiger partial charge in [0.05, 0.1) is 12.8 Å².